The Bertz CT molecular complexity index is 899. The second-order valence-electron chi connectivity index (χ2n) is 6.63. The molecular formula is C20H20ClN3. The predicted octanol–water partition coefficient (Wildman–Crippen LogP) is 4.97. The Morgan fingerprint density at radius 3 is 2.67 bits per heavy atom. The largest absolute Gasteiger partial charge is 0.365 e. The van der Waals surface area contributed by atoms with E-state index < -0.39 is 0 Å². The van der Waals surface area contributed by atoms with Crippen LogP contribution >= 0.6 is 11.6 Å². The van der Waals surface area contributed by atoms with Crippen LogP contribution in [0.3, 0.4) is 0 Å². The standard InChI is InChI=1S/C20H20ClN3/c1-13(2)20-15-9-10-24(11-17(15)22-12-23-20)18-8-4-6-14-5-3-7-16(21)19(14)18/h3-8,12-13H,9-11H2,1-2H3. The molecule has 0 aliphatic carbocycles. The zero-order valence-corrected chi connectivity index (χ0v) is 14.7. The van der Waals surface area contributed by atoms with Gasteiger partial charge in [0.2, 0.25) is 0 Å². The molecule has 2 aromatic carbocycles. The Morgan fingerprint density at radius 2 is 1.88 bits per heavy atom. The summed E-state index contributed by atoms with van der Waals surface area (Å²) in [5, 5.41) is 3.11. The maximum atomic E-state index is 6.50. The third-order valence-electron chi connectivity index (χ3n) is 4.76. The lowest BCUT2D eigenvalue weighted by Gasteiger charge is -2.32. The van der Waals surface area contributed by atoms with Gasteiger partial charge in [0.25, 0.3) is 0 Å². The fraction of sp³-hybridized carbons (Fsp3) is 0.300. The third-order valence-corrected chi connectivity index (χ3v) is 5.07. The molecule has 0 spiro atoms. The summed E-state index contributed by atoms with van der Waals surface area (Å²) in [5.41, 5.74) is 4.85. The molecule has 1 aromatic heterocycles. The van der Waals surface area contributed by atoms with Crippen molar-refractivity contribution in [1.82, 2.24) is 9.97 Å². The normalized spacial score (nSPS) is 14.2. The average molecular weight is 338 g/mol. The molecule has 1 aliphatic heterocycles. The van der Waals surface area contributed by atoms with Crippen LogP contribution < -0.4 is 4.90 Å². The Labute approximate surface area is 147 Å². The van der Waals surface area contributed by atoms with Gasteiger partial charge in [-0.3, -0.25) is 0 Å². The van der Waals surface area contributed by atoms with E-state index in [-0.39, 0.29) is 0 Å². The number of hydrogen-bond donors (Lipinski definition) is 0. The number of fused-ring (bicyclic) bond motifs is 2. The molecule has 0 saturated carbocycles. The van der Waals surface area contributed by atoms with E-state index in [4.69, 9.17) is 11.6 Å². The SMILES string of the molecule is CC(C)c1ncnc2c1CCN(c1cccc3cccc(Cl)c13)C2. The quantitative estimate of drug-likeness (QED) is 0.661. The van der Waals surface area contributed by atoms with Crippen LogP contribution in [0, 0.1) is 0 Å². The van der Waals surface area contributed by atoms with Crippen molar-refractivity contribution >= 4 is 28.1 Å². The van der Waals surface area contributed by atoms with Gasteiger partial charge >= 0.3 is 0 Å². The van der Waals surface area contributed by atoms with Crippen molar-refractivity contribution in [3.8, 4) is 0 Å². The summed E-state index contributed by atoms with van der Waals surface area (Å²) < 4.78 is 0. The highest BCUT2D eigenvalue weighted by Gasteiger charge is 2.23. The van der Waals surface area contributed by atoms with Gasteiger partial charge in [-0.05, 0) is 35.4 Å². The molecule has 0 fully saturated rings. The fourth-order valence-electron chi connectivity index (χ4n) is 3.62. The summed E-state index contributed by atoms with van der Waals surface area (Å²) in [6.07, 6.45) is 2.68. The highest BCUT2D eigenvalue weighted by atomic mass is 35.5. The van der Waals surface area contributed by atoms with E-state index >= 15 is 0 Å². The Balaban J connectivity index is 1.78. The topological polar surface area (TPSA) is 29.0 Å². The molecule has 0 saturated heterocycles. The lowest BCUT2D eigenvalue weighted by Crippen LogP contribution is -2.32. The molecule has 0 radical (unpaired) electrons. The summed E-state index contributed by atoms with van der Waals surface area (Å²) in [6.45, 7) is 6.16. The van der Waals surface area contributed by atoms with Gasteiger partial charge in [-0.2, -0.15) is 0 Å². The van der Waals surface area contributed by atoms with Crippen LogP contribution in [0.1, 0.15) is 36.7 Å². The predicted molar refractivity (Wildman–Crippen MR) is 99.8 cm³/mol. The van der Waals surface area contributed by atoms with E-state index in [1.165, 1.54) is 22.3 Å². The third kappa shape index (κ3) is 2.53. The summed E-state index contributed by atoms with van der Waals surface area (Å²) in [5.74, 6) is 0.431. The summed E-state index contributed by atoms with van der Waals surface area (Å²) in [7, 11) is 0. The van der Waals surface area contributed by atoms with E-state index in [1.807, 2.05) is 12.1 Å². The van der Waals surface area contributed by atoms with Crippen molar-refractivity contribution in [2.24, 2.45) is 0 Å². The van der Waals surface area contributed by atoms with Gasteiger partial charge in [-0.15, -0.1) is 0 Å². The molecule has 1 aliphatic rings. The van der Waals surface area contributed by atoms with Crippen molar-refractivity contribution in [2.45, 2.75) is 32.7 Å². The number of anilines is 1. The van der Waals surface area contributed by atoms with Gasteiger partial charge in [0, 0.05) is 23.3 Å². The fourth-order valence-corrected chi connectivity index (χ4v) is 3.90. The highest BCUT2D eigenvalue weighted by Crippen LogP contribution is 2.35. The molecule has 3 aromatic rings. The van der Waals surface area contributed by atoms with Crippen molar-refractivity contribution < 1.29 is 0 Å². The smallest absolute Gasteiger partial charge is 0.116 e. The van der Waals surface area contributed by atoms with E-state index in [1.54, 1.807) is 6.33 Å². The highest BCUT2D eigenvalue weighted by molar-refractivity contribution is 6.36. The maximum Gasteiger partial charge on any atom is 0.116 e. The number of halogens is 1. The Hall–Kier alpha value is -2.13. The van der Waals surface area contributed by atoms with Gasteiger partial charge in [0.05, 0.1) is 17.3 Å². The maximum absolute atomic E-state index is 6.50. The molecule has 0 bridgehead atoms. The second kappa shape index (κ2) is 6.06. The van der Waals surface area contributed by atoms with E-state index in [2.05, 4.69) is 53.0 Å². The summed E-state index contributed by atoms with van der Waals surface area (Å²) >= 11 is 6.50. The van der Waals surface area contributed by atoms with E-state index in [0.717, 1.165) is 35.6 Å². The molecule has 122 valence electrons. The Kier molecular flexibility index (Phi) is 3.89. The molecule has 0 atom stereocenters. The first-order chi connectivity index (χ1) is 11.6. The lowest BCUT2D eigenvalue weighted by molar-refractivity contribution is 0.675. The Morgan fingerprint density at radius 1 is 1.08 bits per heavy atom. The molecule has 2 heterocycles. The van der Waals surface area contributed by atoms with Crippen LogP contribution in [0.15, 0.2) is 42.7 Å². The van der Waals surface area contributed by atoms with E-state index in [0.29, 0.717) is 5.92 Å². The minimum atomic E-state index is 0.431. The lowest BCUT2D eigenvalue weighted by atomic mass is 9.96. The van der Waals surface area contributed by atoms with Gasteiger partial charge < -0.3 is 4.90 Å². The first-order valence-corrected chi connectivity index (χ1v) is 8.78. The number of aromatic nitrogens is 2. The van der Waals surface area contributed by atoms with Crippen LogP contribution in [-0.2, 0) is 13.0 Å². The van der Waals surface area contributed by atoms with Crippen LogP contribution in [0.4, 0.5) is 5.69 Å². The van der Waals surface area contributed by atoms with Crippen molar-refractivity contribution in [3.63, 3.8) is 0 Å². The van der Waals surface area contributed by atoms with E-state index in [9.17, 15) is 0 Å². The number of rotatable bonds is 2. The average Bonchev–Trinajstić information content (AvgIpc) is 2.60. The zero-order chi connectivity index (χ0) is 16.7. The van der Waals surface area contributed by atoms with Gasteiger partial charge in [-0.1, -0.05) is 49.7 Å². The van der Waals surface area contributed by atoms with Crippen LogP contribution in [0.2, 0.25) is 5.02 Å². The zero-order valence-electron chi connectivity index (χ0n) is 14.0. The number of hydrogen-bond acceptors (Lipinski definition) is 3. The first-order valence-electron chi connectivity index (χ1n) is 8.40. The molecule has 24 heavy (non-hydrogen) atoms. The molecular weight excluding hydrogens is 318 g/mol. The summed E-state index contributed by atoms with van der Waals surface area (Å²) in [4.78, 5) is 11.4. The van der Waals surface area contributed by atoms with Crippen molar-refractivity contribution in [3.05, 3.63) is 64.7 Å². The minimum Gasteiger partial charge on any atom is -0.365 e. The van der Waals surface area contributed by atoms with Crippen LogP contribution in [0.5, 0.6) is 0 Å². The monoisotopic (exact) mass is 337 g/mol. The van der Waals surface area contributed by atoms with Crippen LogP contribution in [-0.4, -0.2) is 16.5 Å². The number of benzene rings is 2. The van der Waals surface area contributed by atoms with Gasteiger partial charge in [0.1, 0.15) is 6.33 Å². The van der Waals surface area contributed by atoms with Crippen molar-refractivity contribution in [2.75, 3.05) is 11.4 Å². The van der Waals surface area contributed by atoms with Crippen LogP contribution in [0.25, 0.3) is 10.8 Å². The number of nitrogens with zero attached hydrogens (tertiary/aromatic N) is 3. The molecule has 4 heteroatoms. The van der Waals surface area contributed by atoms with Gasteiger partial charge in [-0.25, -0.2) is 9.97 Å². The molecule has 3 nitrogen and oxygen atoms in total. The summed E-state index contributed by atoms with van der Waals surface area (Å²) in [6, 6.07) is 12.4. The minimum absolute atomic E-state index is 0.431. The van der Waals surface area contributed by atoms with Gasteiger partial charge in [0.15, 0.2) is 0 Å². The second-order valence-corrected chi connectivity index (χ2v) is 7.03. The molecule has 0 N–H and O–H groups in total. The van der Waals surface area contributed by atoms with Crippen molar-refractivity contribution in [1.29, 1.82) is 0 Å². The first kappa shape index (κ1) is 15.4. The molecule has 0 amide bonds. The molecule has 4 rings (SSSR count). The molecule has 0 unspecified atom stereocenters.